The van der Waals surface area contributed by atoms with E-state index in [2.05, 4.69) is 38.1 Å². The zero-order valence-corrected chi connectivity index (χ0v) is 10.9. The van der Waals surface area contributed by atoms with Gasteiger partial charge in [0.2, 0.25) is 0 Å². The third kappa shape index (κ3) is 3.85. The second kappa shape index (κ2) is 5.34. The molecule has 0 aliphatic carbocycles. The lowest BCUT2D eigenvalue weighted by molar-refractivity contribution is 0.183. The number of anilines is 1. The maximum absolute atomic E-state index is 5.01. The fourth-order valence-corrected chi connectivity index (χ4v) is 1.21. The minimum Gasteiger partial charge on any atom is -0.383 e. The van der Waals surface area contributed by atoms with Crippen molar-refractivity contribution in [3.8, 4) is 0 Å². The normalized spacial score (nSPS) is 13.8. The SMILES string of the molecule is COCCn1cc(N[C@H](C)C(C)(C)C)cn1. The van der Waals surface area contributed by atoms with E-state index in [0.717, 1.165) is 12.2 Å². The molecule has 1 rings (SSSR count). The van der Waals surface area contributed by atoms with Gasteiger partial charge in [-0.15, -0.1) is 0 Å². The van der Waals surface area contributed by atoms with Crippen LogP contribution in [0, 0.1) is 5.41 Å². The Hall–Kier alpha value is -1.03. The Morgan fingerprint density at radius 2 is 2.19 bits per heavy atom. The molecule has 0 fully saturated rings. The Balaban J connectivity index is 2.52. The molecule has 0 aliphatic rings. The predicted octanol–water partition coefficient (Wildman–Crippen LogP) is 2.38. The van der Waals surface area contributed by atoms with Crippen molar-refractivity contribution < 1.29 is 4.74 Å². The number of hydrogen-bond acceptors (Lipinski definition) is 3. The molecule has 0 bridgehead atoms. The molecule has 4 nitrogen and oxygen atoms in total. The highest BCUT2D eigenvalue weighted by atomic mass is 16.5. The van der Waals surface area contributed by atoms with Gasteiger partial charge in [0.15, 0.2) is 0 Å². The molecule has 1 heterocycles. The third-order valence-electron chi connectivity index (χ3n) is 2.84. The van der Waals surface area contributed by atoms with Gasteiger partial charge in [0.05, 0.1) is 25.0 Å². The van der Waals surface area contributed by atoms with Crippen LogP contribution >= 0.6 is 0 Å². The van der Waals surface area contributed by atoms with Crippen LogP contribution in [0.4, 0.5) is 5.69 Å². The molecule has 4 heteroatoms. The second-order valence-corrected chi connectivity index (χ2v) is 5.22. The number of methoxy groups -OCH3 is 1. The van der Waals surface area contributed by atoms with Crippen molar-refractivity contribution in [1.29, 1.82) is 0 Å². The lowest BCUT2D eigenvalue weighted by atomic mass is 9.88. The van der Waals surface area contributed by atoms with Gasteiger partial charge >= 0.3 is 0 Å². The van der Waals surface area contributed by atoms with Crippen LogP contribution in [0.15, 0.2) is 12.4 Å². The lowest BCUT2D eigenvalue weighted by Gasteiger charge is -2.28. The molecule has 92 valence electrons. The molecular formula is C12H23N3O. The minimum atomic E-state index is 0.245. The summed E-state index contributed by atoms with van der Waals surface area (Å²) >= 11 is 0. The summed E-state index contributed by atoms with van der Waals surface area (Å²) in [6, 6.07) is 0.410. The Labute approximate surface area is 98.0 Å². The Morgan fingerprint density at radius 1 is 1.50 bits per heavy atom. The zero-order chi connectivity index (χ0) is 12.2. The van der Waals surface area contributed by atoms with E-state index in [1.807, 2.05) is 17.1 Å². The molecule has 0 saturated heterocycles. The zero-order valence-electron chi connectivity index (χ0n) is 10.9. The third-order valence-corrected chi connectivity index (χ3v) is 2.84. The van der Waals surface area contributed by atoms with Gasteiger partial charge in [0.25, 0.3) is 0 Å². The number of rotatable bonds is 5. The fraction of sp³-hybridized carbons (Fsp3) is 0.750. The summed E-state index contributed by atoms with van der Waals surface area (Å²) in [7, 11) is 1.70. The summed E-state index contributed by atoms with van der Waals surface area (Å²) in [6.45, 7) is 10.3. The second-order valence-electron chi connectivity index (χ2n) is 5.22. The van der Waals surface area contributed by atoms with Crippen molar-refractivity contribution in [2.24, 2.45) is 5.41 Å². The van der Waals surface area contributed by atoms with Crippen molar-refractivity contribution >= 4 is 5.69 Å². The van der Waals surface area contributed by atoms with E-state index in [1.54, 1.807) is 7.11 Å². The molecule has 16 heavy (non-hydrogen) atoms. The van der Waals surface area contributed by atoms with Gasteiger partial charge in [-0.25, -0.2) is 0 Å². The first-order chi connectivity index (χ1) is 7.43. The molecule has 1 aromatic heterocycles. The summed E-state index contributed by atoms with van der Waals surface area (Å²) in [6.07, 6.45) is 3.87. The average molecular weight is 225 g/mol. The van der Waals surface area contributed by atoms with Crippen LogP contribution in [-0.4, -0.2) is 29.5 Å². The van der Waals surface area contributed by atoms with E-state index in [-0.39, 0.29) is 5.41 Å². The quantitative estimate of drug-likeness (QED) is 0.836. The fourth-order valence-electron chi connectivity index (χ4n) is 1.21. The summed E-state index contributed by atoms with van der Waals surface area (Å²) in [4.78, 5) is 0. The highest BCUT2D eigenvalue weighted by Gasteiger charge is 2.19. The number of nitrogens with zero attached hydrogens (tertiary/aromatic N) is 2. The largest absolute Gasteiger partial charge is 0.383 e. The standard InChI is InChI=1S/C12H23N3O/c1-10(12(2,3)4)14-11-8-13-15(9-11)6-7-16-5/h8-10,14H,6-7H2,1-5H3/t10-/m1/s1. The number of nitrogens with one attached hydrogen (secondary N) is 1. The van der Waals surface area contributed by atoms with Crippen LogP contribution in [0.1, 0.15) is 27.7 Å². The van der Waals surface area contributed by atoms with Crippen LogP contribution in [0.5, 0.6) is 0 Å². The van der Waals surface area contributed by atoms with E-state index >= 15 is 0 Å². The van der Waals surface area contributed by atoms with Crippen molar-refractivity contribution in [2.75, 3.05) is 19.0 Å². The first-order valence-electron chi connectivity index (χ1n) is 5.71. The van der Waals surface area contributed by atoms with Crippen LogP contribution in [-0.2, 0) is 11.3 Å². The summed E-state index contributed by atoms with van der Waals surface area (Å²) in [5.74, 6) is 0. The average Bonchev–Trinajstić information content (AvgIpc) is 2.61. The summed E-state index contributed by atoms with van der Waals surface area (Å²) in [5.41, 5.74) is 1.31. The summed E-state index contributed by atoms with van der Waals surface area (Å²) < 4.78 is 6.90. The molecule has 1 N–H and O–H groups in total. The molecular weight excluding hydrogens is 202 g/mol. The molecule has 0 radical (unpaired) electrons. The molecule has 0 amide bonds. The molecule has 0 aliphatic heterocycles. The Morgan fingerprint density at radius 3 is 2.75 bits per heavy atom. The van der Waals surface area contributed by atoms with Gasteiger partial charge in [0.1, 0.15) is 0 Å². The van der Waals surface area contributed by atoms with Gasteiger partial charge in [-0.2, -0.15) is 5.10 Å². The van der Waals surface area contributed by atoms with Gasteiger partial charge < -0.3 is 10.1 Å². The Bertz CT molecular complexity index is 314. The number of ether oxygens (including phenoxy) is 1. The Kier molecular flexibility index (Phi) is 4.35. The molecule has 0 saturated carbocycles. The van der Waals surface area contributed by atoms with Crippen LogP contribution in [0.2, 0.25) is 0 Å². The molecule has 0 spiro atoms. The van der Waals surface area contributed by atoms with Crippen molar-refractivity contribution in [2.45, 2.75) is 40.3 Å². The van der Waals surface area contributed by atoms with Crippen LogP contribution in [0.25, 0.3) is 0 Å². The maximum atomic E-state index is 5.01. The maximum Gasteiger partial charge on any atom is 0.0728 e. The van der Waals surface area contributed by atoms with Crippen molar-refractivity contribution in [3.05, 3.63) is 12.4 Å². The minimum absolute atomic E-state index is 0.245. The van der Waals surface area contributed by atoms with Crippen LogP contribution < -0.4 is 5.32 Å². The lowest BCUT2D eigenvalue weighted by Crippen LogP contribution is -2.30. The van der Waals surface area contributed by atoms with E-state index < -0.39 is 0 Å². The topological polar surface area (TPSA) is 39.1 Å². The molecule has 1 atom stereocenters. The van der Waals surface area contributed by atoms with Gasteiger partial charge in [-0.3, -0.25) is 4.68 Å². The van der Waals surface area contributed by atoms with Crippen LogP contribution in [0.3, 0.4) is 0 Å². The number of hydrogen-bond donors (Lipinski definition) is 1. The van der Waals surface area contributed by atoms with E-state index in [0.29, 0.717) is 12.6 Å². The molecule has 1 aromatic rings. The highest BCUT2D eigenvalue weighted by Crippen LogP contribution is 2.22. The predicted molar refractivity (Wildman–Crippen MR) is 66.6 cm³/mol. The molecule has 0 aromatic carbocycles. The highest BCUT2D eigenvalue weighted by molar-refractivity contribution is 5.39. The van der Waals surface area contributed by atoms with Gasteiger partial charge in [-0.1, -0.05) is 20.8 Å². The van der Waals surface area contributed by atoms with E-state index in [4.69, 9.17) is 4.74 Å². The number of aromatic nitrogens is 2. The van der Waals surface area contributed by atoms with Crippen molar-refractivity contribution in [1.82, 2.24) is 9.78 Å². The first kappa shape index (κ1) is 13.0. The summed E-state index contributed by atoms with van der Waals surface area (Å²) in [5, 5.41) is 7.72. The smallest absolute Gasteiger partial charge is 0.0728 e. The van der Waals surface area contributed by atoms with E-state index in [9.17, 15) is 0 Å². The van der Waals surface area contributed by atoms with E-state index in [1.165, 1.54) is 0 Å². The first-order valence-corrected chi connectivity index (χ1v) is 5.71. The van der Waals surface area contributed by atoms with Gasteiger partial charge in [0, 0.05) is 19.3 Å². The van der Waals surface area contributed by atoms with Gasteiger partial charge in [-0.05, 0) is 12.3 Å². The monoisotopic (exact) mass is 225 g/mol. The van der Waals surface area contributed by atoms with Crippen molar-refractivity contribution in [3.63, 3.8) is 0 Å². The molecule has 0 unspecified atom stereocenters.